The van der Waals surface area contributed by atoms with E-state index in [2.05, 4.69) is 31.7 Å². The van der Waals surface area contributed by atoms with Crippen molar-refractivity contribution in [3.63, 3.8) is 0 Å². The molecule has 2 aromatic heterocycles. The minimum absolute atomic E-state index is 0.00814. The third-order valence-electron chi connectivity index (χ3n) is 3.32. The number of aryl methyl sites for hydroxylation is 3. The molecule has 0 fully saturated rings. The van der Waals surface area contributed by atoms with Crippen LogP contribution in [0.15, 0.2) is 5.03 Å². The molecule has 0 bridgehead atoms. The number of rotatable bonds is 6. The maximum Gasteiger partial charge on any atom is 0.164 e. The van der Waals surface area contributed by atoms with Gasteiger partial charge in [-0.1, -0.05) is 18.7 Å². The van der Waals surface area contributed by atoms with Crippen molar-refractivity contribution in [2.24, 2.45) is 0 Å². The zero-order chi connectivity index (χ0) is 16.3. The summed E-state index contributed by atoms with van der Waals surface area (Å²) in [5.74, 6) is 3.13. The molecule has 0 aliphatic heterocycles. The Labute approximate surface area is 134 Å². The molecule has 2 aromatic rings. The first kappa shape index (κ1) is 16.6. The summed E-state index contributed by atoms with van der Waals surface area (Å²) < 4.78 is 2.11. The first-order valence-corrected chi connectivity index (χ1v) is 8.30. The summed E-state index contributed by atoms with van der Waals surface area (Å²) in [6, 6.07) is 0. The van der Waals surface area contributed by atoms with E-state index in [9.17, 15) is 4.79 Å². The van der Waals surface area contributed by atoms with E-state index in [-0.39, 0.29) is 5.78 Å². The minimum atomic E-state index is -0.00814. The van der Waals surface area contributed by atoms with E-state index in [0.717, 1.165) is 35.3 Å². The lowest BCUT2D eigenvalue weighted by molar-refractivity contribution is 0.101. The summed E-state index contributed by atoms with van der Waals surface area (Å²) in [6.07, 6.45) is 1.03. The molecule has 0 aliphatic carbocycles. The van der Waals surface area contributed by atoms with Crippen molar-refractivity contribution in [3.8, 4) is 0 Å². The van der Waals surface area contributed by atoms with Gasteiger partial charge in [0.05, 0.1) is 17.0 Å². The molecule has 22 heavy (non-hydrogen) atoms. The number of Topliss-reactive ketones (excluding diaryl/α,β-unsaturated/α-hetero) is 1. The van der Waals surface area contributed by atoms with E-state index in [1.54, 1.807) is 6.92 Å². The van der Waals surface area contributed by atoms with Crippen molar-refractivity contribution in [1.82, 2.24) is 24.7 Å². The van der Waals surface area contributed by atoms with Crippen LogP contribution in [-0.2, 0) is 12.3 Å². The third kappa shape index (κ3) is 3.52. The average Bonchev–Trinajstić information content (AvgIpc) is 2.77. The van der Waals surface area contributed by atoms with E-state index in [1.165, 1.54) is 11.8 Å². The van der Waals surface area contributed by atoms with Gasteiger partial charge in [-0.3, -0.25) is 4.79 Å². The van der Waals surface area contributed by atoms with Gasteiger partial charge < -0.3 is 4.57 Å². The summed E-state index contributed by atoms with van der Waals surface area (Å²) in [4.78, 5) is 20.6. The Morgan fingerprint density at radius 3 is 2.55 bits per heavy atom. The zero-order valence-electron chi connectivity index (χ0n) is 13.7. The molecule has 118 valence electrons. The SMILES string of the molecule is CCCn1c(C)nnc1CSc1nc(C)nc(C)c1C(C)=O. The highest BCUT2D eigenvalue weighted by Gasteiger charge is 2.16. The number of nitrogens with zero attached hydrogens (tertiary/aromatic N) is 5. The molecule has 0 atom stereocenters. The van der Waals surface area contributed by atoms with E-state index in [1.807, 2.05) is 20.8 Å². The second kappa shape index (κ2) is 7.00. The zero-order valence-corrected chi connectivity index (χ0v) is 14.5. The fourth-order valence-electron chi connectivity index (χ4n) is 2.37. The van der Waals surface area contributed by atoms with E-state index >= 15 is 0 Å². The summed E-state index contributed by atoms with van der Waals surface area (Å²) in [5.41, 5.74) is 1.34. The predicted molar refractivity (Wildman–Crippen MR) is 86.1 cm³/mol. The van der Waals surface area contributed by atoms with Crippen molar-refractivity contribution >= 4 is 17.5 Å². The van der Waals surface area contributed by atoms with Gasteiger partial charge in [0.2, 0.25) is 0 Å². The van der Waals surface area contributed by atoms with Crippen LogP contribution < -0.4 is 0 Å². The molecule has 0 unspecified atom stereocenters. The van der Waals surface area contributed by atoms with Crippen LogP contribution in [-0.4, -0.2) is 30.5 Å². The predicted octanol–water partition coefficient (Wildman–Crippen LogP) is 2.90. The van der Waals surface area contributed by atoms with E-state index < -0.39 is 0 Å². The molecule has 0 amide bonds. The van der Waals surface area contributed by atoms with Crippen molar-refractivity contribution in [2.45, 2.75) is 58.4 Å². The number of aromatic nitrogens is 5. The van der Waals surface area contributed by atoms with Gasteiger partial charge in [0.15, 0.2) is 5.78 Å². The standard InChI is InChI=1S/C15H21N5OS/c1-6-7-20-12(5)18-19-13(20)8-22-15-14(10(3)21)9(2)16-11(4)17-15/h6-8H2,1-5H3. The highest BCUT2D eigenvalue weighted by atomic mass is 32.2. The molecule has 0 spiro atoms. The fourth-order valence-corrected chi connectivity index (χ4v) is 3.48. The number of carbonyl (C=O) groups excluding carboxylic acids is 1. The molecular weight excluding hydrogens is 298 g/mol. The number of hydrogen-bond donors (Lipinski definition) is 0. The summed E-state index contributed by atoms with van der Waals surface area (Å²) in [5, 5.41) is 9.10. The number of hydrogen-bond acceptors (Lipinski definition) is 6. The maximum absolute atomic E-state index is 11.9. The average molecular weight is 319 g/mol. The monoisotopic (exact) mass is 319 g/mol. The van der Waals surface area contributed by atoms with Gasteiger partial charge in [0.25, 0.3) is 0 Å². The first-order valence-electron chi connectivity index (χ1n) is 7.31. The lowest BCUT2D eigenvalue weighted by Crippen LogP contribution is -2.08. The summed E-state index contributed by atoms with van der Waals surface area (Å²) in [7, 11) is 0. The molecule has 2 heterocycles. The van der Waals surface area contributed by atoms with Gasteiger partial charge in [-0.15, -0.1) is 10.2 Å². The lowest BCUT2D eigenvalue weighted by Gasteiger charge is -2.10. The van der Waals surface area contributed by atoms with Gasteiger partial charge in [-0.25, -0.2) is 9.97 Å². The van der Waals surface area contributed by atoms with Gasteiger partial charge in [0.1, 0.15) is 22.5 Å². The second-order valence-corrected chi connectivity index (χ2v) is 6.16. The smallest absolute Gasteiger partial charge is 0.164 e. The van der Waals surface area contributed by atoms with Gasteiger partial charge in [0, 0.05) is 6.54 Å². The Morgan fingerprint density at radius 2 is 1.91 bits per heavy atom. The topological polar surface area (TPSA) is 73.6 Å². The molecule has 0 radical (unpaired) electrons. The molecule has 0 aromatic carbocycles. The van der Waals surface area contributed by atoms with Crippen LogP contribution in [0.25, 0.3) is 0 Å². The van der Waals surface area contributed by atoms with Crippen LogP contribution in [0.1, 0.15) is 53.8 Å². The minimum Gasteiger partial charge on any atom is -0.315 e. The summed E-state index contributed by atoms with van der Waals surface area (Å²) >= 11 is 1.51. The van der Waals surface area contributed by atoms with Crippen molar-refractivity contribution in [2.75, 3.05) is 0 Å². The first-order chi connectivity index (χ1) is 10.4. The fraction of sp³-hybridized carbons (Fsp3) is 0.533. The van der Waals surface area contributed by atoms with Crippen LogP contribution in [0.2, 0.25) is 0 Å². The lowest BCUT2D eigenvalue weighted by atomic mass is 10.2. The molecule has 0 saturated heterocycles. The van der Waals surface area contributed by atoms with Crippen LogP contribution in [0, 0.1) is 20.8 Å². The van der Waals surface area contributed by atoms with Crippen molar-refractivity contribution < 1.29 is 4.79 Å². The molecule has 0 aliphatic rings. The van der Waals surface area contributed by atoms with Gasteiger partial charge in [-0.05, 0) is 34.1 Å². The van der Waals surface area contributed by atoms with E-state index in [0.29, 0.717) is 17.1 Å². The Morgan fingerprint density at radius 1 is 1.18 bits per heavy atom. The van der Waals surface area contributed by atoms with Crippen molar-refractivity contribution in [3.05, 3.63) is 28.7 Å². The van der Waals surface area contributed by atoms with Crippen LogP contribution >= 0.6 is 11.8 Å². The quantitative estimate of drug-likeness (QED) is 0.463. The van der Waals surface area contributed by atoms with Gasteiger partial charge in [-0.2, -0.15) is 0 Å². The highest BCUT2D eigenvalue weighted by molar-refractivity contribution is 7.98. The molecule has 7 heteroatoms. The Kier molecular flexibility index (Phi) is 5.28. The number of carbonyl (C=O) groups is 1. The number of thioether (sulfide) groups is 1. The maximum atomic E-state index is 11.9. The van der Waals surface area contributed by atoms with E-state index in [4.69, 9.17) is 0 Å². The van der Waals surface area contributed by atoms with Crippen molar-refractivity contribution in [1.29, 1.82) is 0 Å². The Hall–Kier alpha value is -1.76. The molecular formula is C15H21N5OS. The molecule has 0 N–H and O–H groups in total. The Balaban J connectivity index is 2.27. The Bertz CT molecular complexity index is 695. The molecule has 6 nitrogen and oxygen atoms in total. The largest absolute Gasteiger partial charge is 0.315 e. The normalized spacial score (nSPS) is 11.0. The van der Waals surface area contributed by atoms with Crippen LogP contribution in [0.3, 0.4) is 0 Å². The second-order valence-electron chi connectivity index (χ2n) is 5.20. The summed E-state index contributed by atoms with van der Waals surface area (Å²) in [6.45, 7) is 10.2. The number of ketones is 1. The van der Waals surface area contributed by atoms with Gasteiger partial charge >= 0.3 is 0 Å². The molecule has 2 rings (SSSR count). The molecule has 0 saturated carbocycles. The third-order valence-corrected chi connectivity index (χ3v) is 4.29. The highest BCUT2D eigenvalue weighted by Crippen LogP contribution is 2.26. The van der Waals surface area contributed by atoms with Crippen LogP contribution in [0.4, 0.5) is 0 Å². The van der Waals surface area contributed by atoms with Crippen LogP contribution in [0.5, 0.6) is 0 Å².